The molecule has 0 bridgehead atoms. The molecule has 0 spiro atoms. The molecule has 1 saturated heterocycles. The van der Waals surface area contributed by atoms with Crippen molar-refractivity contribution in [2.75, 3.05) is 24.6 Å². The highest BCUT2D eigenvalue weighted by Crippen LogP contribution is 2.30. The number of nitrogens with one attached hydrogen (secondary N) is 1. The van der Waals surface area contributed by atoms with Gasteiger partial charge in [0, 0.05) is 31.6 Å². The standard InChI is InChI=1S/C26H27FN4O2/c1-17-23(25(32)28-16-18-9-10-22-19(15-18)11-14-33-22)24(20-7-3-4-8-21(20)27)30-26(29-17)31-12-5-2-6-13-31/h3-4,7-10,15H,2,5-6,11-14,16H2,1H3,(H,28,32). The summed E-state index contributed by atoms with van der Waals surface area (Å²) in [6, 6.07) is 12.4. The lowest BCUT2D eigenvalue weighted by Gasteiger charge is -2.27. The van der Waals surface area contributed by atoms with Gasteiger partial charge in [-0.1, -0.05) is 24.3 Å². The van der Waals surface area contributed by atoms with Gasteiger partial charge >= 0.3 is 0 Å². The van der Waals surface area contributed by atoms with Crippen LogP contribution in [0.5, 0.6) is 5.75 Å². The Kier molecular flexibility index (Phi) is 5.94. The average molecular weight is 447 g/mol. The van der Waals surface area contributed by atoms with Crippen LogP contribution in [0, 0.1) is 12.7 Å². The van der Waals surface area contributed by atoms with Crippen molar-refractivity contribution in [1.82, 2.24) is 15.3 Å². The number of fused-ring (bicyclic) bond motifs is 1. The predicted molar refractivity (Wildman–Crippen MR) is 125 cm³/mol. The second-order valence-corrected chi connectivity index (χ2v) is 8.58. The minimum atomic E-state index is -0.409. The Hall–Kier alpha value is -3.48. The van der Waals surface area contributed by atoms with Crippen LogP contribution < -0.4 is 15.0 Å². The summed E-state index contributed by atoms with van der Waals surface area (Å²) in [5, 5.41) is 2.98. The largest absolute Gasteiger partial charge is 0.493 e. The number of piperidine rings is 1. The smallest absolute Gasteiger partial charge is 0.255 e. The number of carbonyl (C=O) groups is 1. The molecule has 1 amide bonds. The molecule has 6 nitrogen and oxygen atoms in total. The molecule has 0 radical (unpaired) electrons. The Bertz CT molecular complexity index is 1190. The molecule has 33 heavy (non-hydrogen) atoms. The van der Waals surface area contributed by atoms with Gasteiger partial charge in [-0.25, -0.2) is 14.4 Å². The number of halogens is 1. The van der Waals surface area contributed by atoms with Crippen molar-refractivity contribution in [2.24, 2.45) is 0 Å². The first-order chi connectivity index (χ1) is 16.1. The number of hydrogen-bond donors (Lipinski definition) is 1. The minimum absolute atomic E-state index is 0.307. The Balaban J connectivity index is 1.47. The molecule has 7 heteroatoms. The second kappa shape index (κ2) is 9.17. The molecular formula is C26H27FN4O2. The van der Waals surface area contributed by atoms with E-state index < -0.39 is 5.82 Å². The second-order valence-electron chi connectivity index (χ2n) is 8.58. The van der Waals surface area contributed by atoms with E-state index in [0.29, 0.717) is 41.6 Å². The Labute approximate surface area is 192 Å². The van der Waals surface area contributed by atoms with Crippen LogP contribution in [0.2, 0.25) is 0 Å². The van der Waals surface area contributed by atoms with Crippen molar-refractivity contribution in [3.05, 3.63) is 70.7 Å². The number of aryl methyl sites for hydroxylation is 1. The van der Waals surface area contributed by atoms with E-state index in [2.05, 4.69) is 21.3 Å². The summed E-state index contributed by atoms with van der Waals surface area (Å²) in [4.78, 5) is 24.8. The normalized spacial score (nSPS) is 15.2. The highest BCUT2D eigenvalue weighted by atomic mass is 19.1. The monoisotopic (exact) mass is 446 g/mol. The van der Waals surface area contributed by atoms with Gasteiger partial charge in [0.05, 0.1) is 23.6 Å². The number of rotatable bonds is 5. The maximum absolute atomic E-state index is 14.8. The SMILES string of the molecule is Cc1nc(N2CCCCC2)nc(-c2ccccc2F)c1C(=O)NCc1ccc2c(c1)CCO2. The van der Waals surface area contributed by atoms with Crippen LogP contribution in [0.15, 0.2) is 42.5 Å². The molecule has 170 valence electrons. The molecule has 5 rings (SSSR count). The molecule has 0 atom stereocenters. The maximum Gasteiger partial charge on any atom is 0.255 e. The molecule has 1 aromatic heterocycles. The summed E-state index contributed by atoms with van der Waals surface area (Å²) in [6.45, 7) is 4.57. The van der Waals surface area contributed by atoms with Crippen LogP contribution in [0.3, 0.4) is 0 Å². The van der Waals surface area contributed by atoms with Gasteiger partial charge in [0.25, 0.3) is 5.91 Å². The Morgan fingerprint density at radius 1 is 1.12 bits per heavy atom. The first-order valence-electron chi connectivity index (χ1n) is 11.5. The molecule has 3 heterocycles. The van der Waals surface area contributed by atoms with E-state index in [1.807, 2.05) is 12.1 Å². The summed E-state index contributed by atoms with van der Waals surface area (Å²) in [5.41, 5.74) is 3.64. The predicted octanol–water partition coefficient (Wildman–Crippen LogP) is 4.45. The first-order valence-corrected chi connectivity index (χ1v) is 11.5. The van der Waals surface area contributed by atoms with Gasteiger partial charge in [-0.3, -0.25) is 4.79 Å². The molecule has 2 aromatic carbocycles. The zero-order valence-electron chi connectivity index (χ0n) is 18.7. The van der Waals surface area contributed by atoms with Gasteiger partial charge in [0.1, 0.15) is 11.6 Å². The number of aromatic nitrogens is 2. The average Bonchev–Trinajstić information content (AvgIpc) is 3.31. The van der Waals surface area contributed by atoms with Crippen LogP contribution >= 0.6 is 0 Å². The highest BCUT2D eigenvalue weighted by molar-refractivity contribution is 6.01. The number of amides is 1. The summed E-state index contributed by atoms with van der Waals surface area (Å²) in [7, 11) is 0. The van der Waals surface area contributed by atoms with Gasteiger partial charge in [-0.2, -0.15) is 0 Å². The van der Waals surface area contributed by atoms with E-state index in [9.17, 15) is 9.18 Å². The van der Waals surface area contributed by atoms with Crippen molar-refractivity contribution < 1.29 is 13.9 Å². The summed E-state index contributed by atoms with van der Waals surface area (Å²) in [5.74, 6) is 0.741. The van der Waals surface area contributed by atoms with Crippen LogP contribution in [-0.4, -0.2) is 35.6 Å². The van der Waals surface area contributed by atoms with Crippen molar-refractivity contribution >= 4 is 11.9 Å². The number of ether oxygens (including phenoxy) is 1. The van der Waals surface area contributed by atoms with E-state index in [-0.39, 0.29) is 5.91 Å². The first kappa shape index (κ1) is 21.4. The van der Waals surface area contributed by atoms with Crippen LogP contribution in [0.1, 0.15) is 46.4 Å². The Morgan fingerprint density at radius 2 is 1.94 bits per heavy atom. The highest BCUT2D eigenvalue weighted by Gasteiger charge is 2.24. The third-order valence-corrected chi connectivity index (χ3v) is 6.28. The third-order valence-electron chi connectivity index (χ3n) is 6.28. The van der Waals surface area contributed by atoms with Crippen molar-refractivity contribution in [1.29, 1.82) is 0 Å². The topological polar surface area (TPSA) is 67.4 Å². The lowest BCUT2D eigenvalue weighted by Crippen LogP contribution is -2.32. The van der Waals surface area contributed by atoms with Crippen molar-refractivity contribution in [3.8, 4) is 17.0 Å². The molecule has 1 fully saturated rings. The lowest BCUT2D eigenvalue weighted by molar-refractivity contribution is 0.0950. The number of anilines is 1. The van der Waals surface area contributed by atoms with Crippen molar-refractivity contribution in [2.45, 2.75) is 39.2 Å². The summed E-state index contributed by atoms with van der Waals surface area (Å²) in [6.07, 6.45) is 4.21. The zero-order chi connectivity index (χ0) is 22.8. The quantitative estimate of drug-likeness (QED) is 0.627. The van der Waals surface area contributed by atoms with E-state index in [4.69, 9.17) is 9.72 Å². The fourth-order valence-corrected chi connectivity index (χ4v) is 4.53. The van der Waals surface area contributed by atoms with Gasteiger partial charge in [0.15, 0.2) is 0 Å². The van der Waals surface area contributed by atoms with E-state index in [1.165, 1.54) is 12.5 Å². The van der Waals surface area contributed by atoms with Gasteiger partial charge in [-0.15, -0.1) is 0 Å². The molecule has 0 aliphatic carbocycles. The van der Waals surface area contributed by atoms with Crippen LogP contribution in [0.25, 0.3) is 11.3 Å². The fraction of sp³-hybridized carbons (Fsp3) is 0.346. The Morgan fingerprint density at radius 3 is 2.76 bits per heavy atom. The number of hydrogen-bond acceptors (Lipinski definition) is 5. The molecule has 0 saturated carbocycles. The van der Waals surface area contributed by atoms with Gasteiger partial charge in [0.2, 0.25) is 5.95 Å². The summed E-state index contributed by atoms with van der Waals surface area (Å²) >= 11 is 0. The molecule has 2 aliphatic rings. The van der Waals surface area contributed by atoms with Crippen molar-refractivity contribution in [3.63, 3.8) is 0 Å². The minimum Gasteiger partial charge on any atom is -0.493 e. The zero-order valence-corrected chi connectivity index (χ0v) is 18.7. The third kappa shape index (κ3) is 4.40. The van der Waals surface area contributed by atoms with E-state index >= 15 is 0 Å². The fourth-order valence-electron chi connectivity index (χ4n) is 4.53. The lowest BCUT2D eigenvalue weighted by atomic mass is 10.0. The van der Waals surface area contributed by atoms with Gasteiger partial charge < -0.3 is 15.0 Å². The molecular weight excluding hydrogens is 419 g/mol. The number of carbonyl (C=O) groups excluding carboxylic acids is 1. The maximum atomic E-state index is 14.8. The molecule has 2 aliphatic heterocycles. The molecule has 0 unspecified atom stereocenters. The number of nitrogens with zero attached hydrogens (tertiary/aromatic N) is 3. The summed E-state index contributed by atoms with van der Waals surface area (Å²) < 4.78 is 20.3. The van der Waals surface area contributed by atoms with Crippen LogP contribution in [-0.2, 0) is 13.0 Å². The van der Waals surface area contributed by atoms with Crippen LogP contribution in [0.4, 0.5) is 10.3 Å². The number of benzene rings is 2. The van der Waals surface area contributed by atoms with E-state index in [0.717, 1.165) is 49.2 Å². The van der Waals surface area contributed by atoms with Gasteiger partial charge in [-0.05, 0) is 55.5 Å². The molecule has 1 N–H and O–H groups in total. The van der Waals surface area contributed by atoms with E-state index in [1.54, 1.807) is 25.1 Å². The molecule has 3 aromatic rings.